The molecular formula is C10H14N2O3. The molecule has 0 saturated carbocycles. The third kappa shape index (κ3) is 4.30. The van der Waals surface area contributed by atoms with Crippen LogP contribution in [0.1, 0.15) is 12.8 Å². The highest BCUT2D eigenvalue weighted by Crippen LogP contribution is 1.98. The van der Waals surface area contributed by atoms with E-state index >= 15 is 0 Å². The summed E-state index contributed by atoms with van der Waals surface area (Å²) in [6, 6.07) is -0.194. The van der Waals surface area contributed by atoms with Gasteiger partial charge in [0.1, 0.15) is 0 Å². The van der Waals surface area contributed by atoms with Crippen molar-refractivity contribution in [2.24, 2.45) is 0 Å². The van der Waals surface area contributed by atoms with Crippen LogP contribution in [-0.2, 0) is 4.79 Å². The van der Waals surface area contributed by atoms with Gasteiger partial charge in [-0.1, -0.05) is 12.2 Å². The predicted octanol–water partition coefficient (Wildman–Crippen LogP) is 0.946. The Morgan fingerprint density at radius 3 is 2.80 bits per heavy atom. The Balaban J connectivity index is 2.16. The number of amides is 2. The molecule has 1 aliphatic rings. The van der Waals surface area contributed by atoms with Crippen molar-refractivity contribution in [2.45, 2.75) is 12.8 Å². The fourth-order valence-corrected chi connectivity index (χ4v) is 1.15. The van der Waals surface area contributed by atoms with Crippen molar-refractivity contribution < 1.29 is 14.7 Å². The second-order valence-corrected chi connectivity index (χ2v) is 3.15. The molecule has 1 rings (SSSR count). The first-order valence-corrected chi connectivity index (χ1v) is 4.80. The quantitative estimate of drug-likeness (QED) is 0.678. The monoisotopic (exact) mass is 210 g/mol. The van der Waals surface area contributed by atoms with Gasteiger partial charge < -0.3 is 10.4 Å². The molecule has 0 aromatic rings. The predicted molar refractivity (Wildman–Crippen MR) is 55.3 cm³/mol. The van der Waals surface area contributed by atoms with Gasteiger partial charge in [-0.15, -0.1) is 0 Å². The SMILES string of the molecule is O=C(O)CCCNC(=O)N1C=CC=CC1. The smallest absolute Gasteiger partial charge is 0.321 e. The standard InChI is InChI=1S/C10H14N2O3/c13-9(14)5-4-6-11-10(15)12-7-2-1-3-8-12/h1-3,7H,4-6,8H2,(H,11,15)(H,13,14). The van der Waals surface area contributed by atoms with Crippen LogP contribution in [0, 0.1) is 0 Å². The summed E-state index contributed by atoms with van der Waals surface area (Å²) in [5.41, 5.74) is 0. The molecule has 5 nitrogen and oxygen atoms in total. The molecule has 5 heteroatoms. The number of carbonyl (C=O) groups excluding carboxylic acids is 1. The zero-order chi connectivity index (χ0) is 11.1. The Hall–Kier alpha value is -1.78. The number of urea groups is 1. The van der Waals surface area contributed by atoms with Crippen LogP contribution >= 0.6 is 0 Å². The van der Waals surface area contributed by atoms with Gasteiger partial charge >= 0.3 is 12.0 Å². The van der Waals surface area contributed by atoms with E-state index < -0.39 is 5.97 Å². The average Bonchev–Trinajstić information content (AvgIpc) is 2.25. The van der Waals surface area contributed by atoms with Crippen molar-refractivity contribution in [3.8, 4) is 0 Å². The molecule has 2 N–H and O–H groups in total. The Morgan fingerprint density at radius 2 is 2.20 bits per heavy atom. The molecule has 0 fully saturated rings. The van der Waals surface area contributed by atoms with Crippen molar-refractivity contribution in [1.29, 1.82) is 0 Å². The lowest BCUT2D eigenvalue weighted by Crippen LogP contribution is -2.37. The molecule has 1 aliphatic heterocycles. The van der Waals surface area contributed by atoms with E-state index in [1.165, 1.54) is 4.90 Å². The Bertz CT molecular complexity index is 297. The van der Waals surface area contributed by atoms with Crippen LogP contribution in [0.3, 0.4) is 0 Å². The fraction of sp³-hybridized carbons (Fsp3) is 0.400. The molecule has 0 aromatic carbocycles. The lowest BCUT2D eigenvalue weighted by molar-refractivity contribution is -0.137. The summed E-state index contributed by atoms with van der Waals surface area (Å²) in [6.45, 7) is 0.945. The molecule has 0 spiro atoms. The third-order valence-electron chi connectivity index (χ3n) is 1.92. The minimum atomic E-state index is -0.843. The molecule has 1 heterocycles. The van der Waals surface area contributed by atoms with Crippen LogP contribution in [0.5, 0.6) is 0 Å². The molecule has 0 aromatic heterocycles. The molecule has 82 valence electrons. The average molecular weight is 210 g/mol. The fourth-order valence-electron chi connectivity index (χ4n) is 1.15. The van der Waals surface area contributed by atoms with E-state index in [2.05, 4.69) is 5.32 Å². The number of carboxylic acid groups (broad SMARTS) is 1. The number of allylic oxidation sites excluding steroid dienone is 2. The number of nitrogens with one attached hydrogen (secondary N) is 1. The first-order valence-electron chi connectivity index (χ1n) is 4.80. The van der Waals surface area contributed by atoms with Gasteiger partial charge in [0.2, 0.25) is 0 Å². The van der Waals surface area contributed by atoms with Crippen LogP contribution in [-0.4, -0.2) is 35.1 Å². The molecule has 15 heavy (non-hydrogen) atoms. The number of hydrogen-bond acceptors (Lipinski definition) is 2. The highest BCUT2D eigenvalue weighted by atomic mass is 16.4. The Labute approximate surface area is 88.1 Å². The van der Waals surface area contributed by atoms with Gasteiger partial charge in [-0.25, -0.2) is 4.79 Å². The van der Waals surface area contributed by atoms with Gasteiger partial charge in [-0.3, -0.25) is 9.69 Å². The summed E-state index contributed by atoms with van der Waals surface area (Å²) >= 11 is 0. The summed E-state index contributed by atoms with van der Waals surface area (Å²) in [5.74, 6) is -0.843. The maximum Gasteiger partial charge on any atom is 0.321 e. The van der Waals surface area contributed by atoms with Crippen molar-refractivity contribution in [3.05, 3.63) is 24.4 Å². The van der Waals surface area contributed by atoms with Gasteiger partial charge in [0, 0.05) is 25.7 Å². The van der Waals surface area contributed by atoms with E-state index in [-0.39, 0.29) is 12.5 Å². The lowest BCUT2D eigenvalue weighted by atomic mass is 10.3. The van der Waals surface area contributed by atoms with Gasteiger partial charge in [0.05, 0.1) is 0 Å². The highest BCUT2D eigenvalue weighted by molar-refractivity contribution is 5.75. The lowest BCUT2D eigenvalue weighted by Gasteiger charge is -2.18. The first-order chi connectivity index (χ1) is 7.20. The van der Waals surface area contributed by atoms with Gasteiger partial charge in [-0.05, 0) is 12.5 Å². The third-order valence-corrected chi connectivity index (χ3v) is 1.92. The van der Waals surface area contributed by atoms with Crippen LogP contribution in [0.15, 0.2) is 24.4 Å². The zero-order valence-electron chi connectivity index (χ0n) is 8.35. The number of aliphatic carboxylic acids is 1. The van der Waals surface area contributed by atoms with Crippen LogP contribution in [0.4, 0.5) is 4.79 Å². The van der Waals surface area contributed by atoms with Gasteiger partial charge in [-0.2, -0.15) is 0 Å². The van der Waals surface area contributed by atoms with Gasteiger partial charge in [0.25, 0.3) is 0 Å². The van der Waals surface area contributed by atoms with Crippen LogP contribution < -0.4 is 5.32 Å². The van der Waals surface area contributed by atoms with E-state index in [9.17, 15) is 9.59 Å². The maximum absolute atomic E-state index is 11.4. The summed E-state index contributed by atoms with van der Waals surface area (Å²) in [4.78, 5) is 23.2. The molecule has 0 bridgehead atoms. The molecule has 0 unspecified atom stereocenters. The molecule has 0 saturated heterocycles. The van der Waals surface area contributed by atoms with Crippen molar-refractivity contribution >= 4 is 12.0 Å². The first kappa shape index (κ1) is 11.3. The summed E-state index contributed by atoms with van der Waals surface area (Å²) in [7, 11) is 0. The Morgan fingerprint density at radius 1 is 1.40 bits per heavy atom. The molecule has 0 aliphatic carbocycles. The minimum Gasteiger partial charge on any atom is -0.481 e. The number of nitrogens with zero attached hydrogens (tertiary/aromatic N) is 1. The second kappa shape index (κ2) is 5.85. The molecule has 2 amide bonds. The van der Waals surface area contributed by atoms with Gasteiger partial charge in [0.15, 0.2) is 0 Å². The highest BCUT2D eigenvalue weighted by Gasteiger charge is 2.09. The minimum absolute atomic E-state index is 0.0794. The summed E-state index contributed by atoms with van der Waals surface area (Å²) in [6.07, 6.45) is 7.74. The molecule has 0 radical (unpaired) electrons. The number of carbonyl (C=O) groups is 2. The molecule has 0 atom stereocenters. The summed E-state index contributed by atoms with van der Waals surface area (Å²) < 4.78 is 0. The molecular weight excluding hydrogens is 196 g/mol. The van der Waals surface area contributed by atoms with Crippen LogP contribution in [0.2, 0.25) is 0 Å². The second-order valence-electron chi connectivity index (χ2n) is 3.15. The topological polar surface area (TPSA) is 69.6 Å². The van der Waals surface area contributed by atoms with Crippen molar-refractivity contribution in [3.63, 3.8) is 0 Å². The van der Waals surface area contributed by atoms with E-state index in [0.29, 0.717) is 19.5 Å². The largest absolute Gasteiger partial charge is 0.481 e. The number of carboxylic acids is 1. The van der Waals surface area contributed by atoms with Crippen molar-refractivity contribution in [2.75, 3.05) is 13.1 Å². The zero-order valence-corrected chi connectivity index (χ0v) is 8.35. The van der Waals surface area contributed by atoms with E-state index in [1.54, 1.807) is 12.3 Å². The normalized spacial score (nSPS) is 14.0. The number of hydrogen-bond donors (Lipinski definition) is 2. The van der Waals surface area contributed by atoms with E-state index in [1.807, 2.05) is 12.2 Å². The van der Waals surface area contributed by atoms with E-state index in [0.717, 1.165) is 0 Å². The summed E-state index contributed by atoms with van der Waals surface area (Å²) in [5, 5.41) is 11.0. The van der Waals surface area contributed by atoms with E-state index in [4.69, 9.17) is 5.11 Å². The van der Waals surface area contributed by atoms with Crippen molar-refractivity contribution in [1.82, 2.24) is 10.2 Å². The van der Waals surface area contributed by atoms with Crippen LogP contribution in [0.25, 0.3) is 0 Å². The Kier molecular flexibility index (Phi) is 4.40. The number of rotatable bonds is 4. The maximum atomic E-state index is 11.4.